The van der Waals surface area contributed by atoms with Gasteiger partial charge in [0.2, 0.25) is 0 Å². The van der Waals surface area contributed by atoms with Gasteiger partial charge in [-0.3, -0.25) is 3.97 Å². The second-order valence-corrected chi connectivity index (χ2v) is 10.4. The van der Waals surface area contributed by atoms with Crippen LogP contribution in [-0.2, 0) is 11.2 Å². The molecule has 190 valence electrons. The number of benzene rings is 4. The Morgan fingerprint density at radius 1 is 0.789 bits per heavy atom. The fourth-order valence-corrected chi connectivity index (χ4v) is 5.81. The van der Waals surface area contributed by atoms with Crippen LogP contribution in [0, 0.1) is 0 Å². The molecule has 0 radical (unpaired) electrons. The smallest absolute Gasteiger partial charge is 0.319 e. The van der Waals surface area contributed by atoms with Crippen molar-refractivity contribution in [3.63, 3.8) is 0 Å². The van der Waals surface area contributed by atoms with Gasteiger partial charge in [-0.2, -0.15) is 0 Å². The molecule has 2 amide bonds. The average molecular weight is 539 g/mol. The van der Waals surface area contributed by atoms with Crippen LogP contribution >= 0.6 is 23.5 Å². The molecular formula is C31H27ClN4OS. The number of anilines is 1. The molecule has 0 aliphatic rings. The molecule has 5 aromatic rings. The summed E-state index contributed by atoms with van der Waals surface area (Å²) in [5.74, 6) is 0. The minimum absolute atomic E-state index is 0.266. The van der Waals surface area contributed by atoms with Crippen LogP contribution in [-0.4, -0.2) is 21.5 Å². The highest BCUT2D eigenvalue weighted by molar-refractivity contribution is 7.99. The Hall–Kier alpha value is -4.00. The fourth-order valence-electron chi connectivity index (χ4n) is 4.37. The molecule has 1 aromatic heterocycles. The predicted octanol–water partition coefficient (Wildman–Crippen LogP) is 7.39. The van der Waals surface area contributed by atoms with Gasteiger partial charge in [-0.25, -0.2) is 9.78 Å². The Morgan fingerprint density at radius 2 is 1.32 bits per heavy atom. The van der Waals surface area contributed by atoms with Gasteiger partial charge in [-0.05, 0) is 52.9 Å². The standard InChI is InChI=1S/C31H27ClN4OS/c32-27-16-18-28(19-17-27)35-30(37)33-21-20-29-22-36(23-34-29)38-31(24-10-4-1-5-11-24,25-12-6-2-7-13-25)26-14-8-3-9-15-26/h1-19,22-23H,20-21H2,(H2,33,35,37). The lowest BCUT2D eigenvalue weighted by molar-refractivity contribution is 0.252. The second kappa shape index (κ2) is 12.0. The predicted molar refractivity (Wildman–Crippen MR) is 157 cm³/mol. The zero-order valence-electron chi connectivity index (χ0n) is 20.6. The maximum absolute atomic E-state index is 12.3. The van der Waals surface area contributed by atoms with Crippen molar-refractivity contribution in [2.45, 2.75) is 11.2 Å². The third-order valence-electron chi connectivity index (χ3n) is 6.17. The molecule has 0 aliphatic carbocycles. The van der Waals surface area contributed by atoms with E-state index in [4.69, 9.17) is 11.6 Å². The van der Waals surface area contributed by atoms with Crippen LogP contribution in [0.15, 0.2) is 128 Å². The molecule has 0 fully saturated rings. The van der Waals surface area contributed by atoms with E-state index in [1.165, 1.54) is 16.7 Å². The molecule has 0 aliphatic heterocycles. The van der Waals surface area contributed by atoms with Crippen molar-refractivity contribution in [3.8, 4) is 0 Å². The molecule has 5 nitrogen and oxygen atoms in total. The second-order valence-electron chi connectivity index (χ2n) is 8.73. The summed E-state index contributed by atoms with van der Waals surface area (Å²) >= 11 is 7.61. The number of amides is 2. The van der Waals surface area contributed by atoms with Gasteiger partial charge in [0.05, 0.1) is 5.69 Å². The summed E-state index contributed by atoms with van der Waals surface area (Å²) in [5, 5.41) is 6.32. The van der Waals surface area contributed by atoms with Crippen molar-refractivity contribution < 1.29 is 4.79 Å². The molecule has 0 saturated heterocycles. The minimum atomic E-state index is -0.488. The molecule has 1 heterocycles. The number of nitrogens with one attached hydrogen (secondary N) is 2. The summed E-state index contributed by atoms with van der Waals surface area (Å²) in [6.45, 7) is 0.461. The first-order chi connectivity index (χ1) is 18.6. The number of carbonyl (C=O) groups is 1. The zero-order chi connectivity index (χ0) is 26.2. The van der Waals surface area contributed by atoms with Gasteiger partial charge in [0, 0.05) is 29.9 Å². The lowest BCUT2D eigenvalue weighted by atomic mass is 9.84. The van der Waals surface area contributed by atoms with Gasteiger partial charge in [0.15, 0.2) is 0 Å². The molecule has 4 aromatic carbocycles. The van der Waals surface area contributed by atoms with Gasteiger partial charge in [-0.1, -0.05) is 103 Å². The first-order valence-corrected chi connectivity index (χ1v) is 13.5. The topological polar surface area (TPSA) is 59.0 Å². The van der Waals surface area contributed by atoms with Crippen molar-refractivity contribution in [1.82, 2.24) is 14.3 Å². The Morgan fingerprint density at radius 3 is 1.84 bits per heavy atom. The number of carbonyl (C=O) groups excluding carboxylic acids is 1. The summed E-state index contributed by atoms with van der Waals surface area (Å²) in [6, 6.07) is 38.4. The van der Waals surface area contributed by atoms with Crippen LogP contribution in [0.4, 0.5) is 10.5 Å². The molecule has 38 heavy (non-hydrogen) atoms. The molecule has 0 atom stereocenters. The van der Waals surface area contributed by atoms with Crippen molar-refractivity contribution in [3.05, 3.63) is 155 Å². The van der Waals surface area contributed by atoms with Gasteiger partial charge >= 0.3 is 6.03 Å². The third kappa shape index (κ3) is 5.93. The quantitative estimate of drug-likeness (QED) is 0.192. The van der Waals surface area contributed by atoms with Gasteiger partial charge in [-0.15, -0.1) is 0 Å². The Bertz CT molecular complexity index is 1360. The SMILES string of the molecule is O=C(NCCc1cn(SC(c2ccccc2)(c2ccccc2)c2ccccc2)cn1)Nc1ccc(Cl)cc1. The molecule has 0 spiro atoms. The maximum Gasteiger partial charge on any atom is 0.319 e. The van der Waals surface area contributed by atoms with Gasteiger partial charge < -0.3 is 10.6 Å². The van der Waals surface area contributed by atoms with Crippen LogP contribution in [0.1, 0.15) is 22.4 Å². The van der Waals surface area contributed by atoms with E-state index in [0.717, 1.165) is 5.69 Å². The number of rotatable bonds is 9. The van der Waals surface area contributed by atoms with E-state index in [9.17, 15) is 4.79 Å². The van der Waals surface area contributed by atoms with Crippen molar-refractivity contribution in [1.29, 1.82) is 0 Å². The fraction of sp³-hybridized carbons (Fsp3) is 0.0968. The van der Waals surface area contributed by atoms with Gasteiger partial charge in [0.1, 0.15) is 11.1 Å². The largest absolute Gasteiger partial charge is 0.337 e. The van der Waals surface area contributed by atoms with E-state index < -0.39 is 4.75 Å². The van der Waals surface area contributed by atoms with E-state index in [1.54, 1.807) is 36.2 Å². The maximum atomic E-state index is 12.3. The number of hydrogen-bond acceptors (Lipinski definition) is 3. The number of aromatic nitrogens is 2. The van der Waals surface area contributed by atoms with E-state index in [2.05, 4.69) is 92.4 Å². The number of urea groups is 1. The highest BCUT2D eigenvalue weighted by atomic mass is 35.5. The molecule has 0 saturated carbocycles. The highest BCUT2D eigenvalue weighted by Crippen LogP contribution is 2.48. The summed E-state index contributed by atoms with van der Waals surface area (Å²) in [6.07, 6.45) is 4.49. The summed E-state index contributed by atoms with van der Waals surface area (Å²) in [7, 11) is 0. The molecular weight excluding hydrogens is 512 g/mol. The molecule has 5 rings (SSSR count). The number of imidazole rings is 1. The lowest BCUT2D eigenvalue weighted by Gasteiger charge is -2.35. The third-order valence-corrected chi connectivity index (χ3v) is 7.81. The summed E-state index contributed by atoms with van der Waals surface area (Å²) < 4.78 is 1.58. The molecule has 2 N–H and O–H groups in total. The Kier molecular flexibility index (Phi) is 8.12. The molecule has 7 heteroatoms. The van der Waals surface area contributed by atoms with Crippen LogP contribution < -0.4 is 10.6 Å². The summed E-state index contributed by atoms with van der Waals surface area (Å²) in [5.41, 5.74) is 5.12. The number of nitrogens with zero attached hydrogens (tertiary/aromatic N) is 2. The van der Waals surface area contributed by atoms with E-state index >= 15 is 0 Å². The summed E-state index contributed by atoms with van der Waals surface area (Å²) in [4.78, 5) is 16.9. The monoisotopic (exact) mass is 538 g/mol. The Balaban J connectivity index is 1.35. The zero-order valence-corrected chi connectivity index (χ0v) is 22.2. The van der Waals surface area contributed by atoms with Crippen molar-refractivity contribution in [2.75, 3.05) is 11.9 Å². The lowest BCUT2D eigenvalue weighted by Crippen LogP contribution is -2.30. The Labute approximate surface area is 232 Å². The van der Waals surface area contributed by atoms with Gasteiger partial charge in [0.25, 0.3) is 0 Å². The van der Waals surface area contributed by atoms with Crippen LogP contribution in [0.5, 0.6) is 0 Å². The minimum Gasteiger partial charge on any atom is -0.337 e. The first-order valence-electron chi connectivity index (χ1n) is 12.3. The number of hydrogen-bond donors (Lipinski definition) is 2. The number of halogens is 1. The highest BCUT2D eigenvalue weighted by Gasteiger charge is 2.38. The first kappa shape index (κ1) is 25.6. The van der Waals surface area contributed by atoms with E-state index in [-0.39, 0.29) is 6.03 Å². The molecule has 0 unspecified atom stereocenters. The van der Waals surface area contributed by atoms with Crippen LogP contribution in [0.25, 0.3) is 0 Å². The normalized spacial score (nSPS) is 11.2. The average Bonchev–Trinajstić information content (AvgIpc) is 3.41. The van der Waals surface area contributed by atoms with Crippen LogP contribution in [0.2, 0.25) is 5.02 Å². The van der Waals surface area contributed by atoms with Crippen molar-refractivity contribution in [2.24, 2.45) is 0 Å². The van der Waals surface area contributed by atoms with Crippen LogP contribution in [0.3, 0.4) is 0 Å². The molecule has 0 bridgehead atoms. The van der Waals surface area contributed by atoms with E-state index in [1.807, 2.05) is 30.7 Å². The van der Waals surface area contributed by atoms with Crippen molar-refractivity contribution >= 4 is 35.3 Å². The van der Waals surface area contributed by atoms with E-state index in [0.29, 0.717) is 23.7 Å².